The number of carbonyl (C=O) groups excluding carboxylic acids is 1. The van der Waals surface area contributed by atoms with Crippen LogP contribution in [0, 0.1) is 10.1 Å². The predicted molar refractivity (Wildman–Crippen MR) is 89.3 cm³/mol. The van der Waals surface area contributed by atoms with Gasteiger partial charge in [-0.25, -0.2) is 9.78 Å². The quantitative estimate of drug-likeness (QED) is 0.348. The molecule has 2 aromatic rings. The molecule has 2 N–H and O–H groups in total. The minimum atomic E-state index is -0.533. The Morgan fingerprint density at radius 2 is 2.00 bits per heavy atom. The summed E-state index contributed by atoms with van der Waals surface area (Å²) in [4.78, 5) is 25.8. The average molecular weight is 328 g/mol. The molecule has 0 saturated heterocycles. The first-order valence-corrected chi connectivity index (χ1v) is 7.16. The van der Waals surface area contributed by atoms with Gasteiger partial charge in [-0.2, -0.15) is 0 Å². The van der Waals surface area contributed by atoms with Crippen LogP contribution < -0.4 is 10.6 Å². The number of para-hydroxylation sites is 1. The van der Waals surface area contributed by atoms with E-state index < -0.39 is 10.9 Å². The zero-order valence-electron chi connectivity index (χ0n) is 12.9. The molecule has 2 rings (SSSR count). The Bertz CT molecular complexity index is 730. The van der Waals surface area contributed by atoms with E-state index in [9.17, 15) is 14.9 Å². The van der Waals surface area contributed by atoms with E-state index in [-0.39, 0.29) is 12.3 Å². The van der Waals surface area contributed by atoms with Crippen LogP contribution in [0.1, 0.15) is 6.92 Å². The molecule has 24 heavy (non-hydrogen) atoms. The molecule has 0 bridgehead atoms. The minimum Gasteiger partial charge on any atom is -0.463 e. The molecule has 0 fully saturated rings. The van der Waals surface area contributed by atoms with Gasteiger partial charge in [0.25, 0.3) is 5.69 Å². The Balaban J connectivity index is 2.18. The summed E-state index contributed by atoms with van der Waals surface area (Å²) in [5.74, 6) is 0.158. The molecule has 0 amide bonds. The summed E-state index contributed by atoms with van der Waals surface area (Å²) in [5.41, 5.74) is 0.634. The topological polar surface area (TPSA) is 106 Å². The number of aromatic nitrogens is 1. The molecule has 0 spiro atoms. The highest BCUT2D eigenvalue weighted by molar-refractivity contribution is 5.84. The fourth-order valence-corrected chi connectivity index (χ4v) is 1.79. The number of esters is 1. The van der Waals surface area contributed by atoms with Crippen LogP contribution in [-0.2, 0) is 9.53 Å². The predicted octanol–water partition coefficient (Wildman–Crippen LogP) is 2.92. The second-order valence-corrected chi connectivity index (χ2v) is 4.58. The van der Waals surface area contributed by atoms with Gasteiger partial charge in [-0.15, -0.1) is 0 Å². The lowest BCUT2D eigenvalue weighted by Crippen LogP contribution is -2.14. The number of ether oxygens (including phenoxy) is 1. The second-order valence-electron chi connectivity index (χ2n) is 4.58. The first-order valence-electron chi connectivity index (χ1n) is 7.16. The molecule has 0 aliphatic carbocycles. The number of hydrogen-bond acceptors (Lipinski definition) is 7. The van der Waals surface area contributed by atoms with Crippen molar-refractivity contribution >= 4 is 23.2 Å². The molecule has 0 aliphatic rings. The summed E-state index contributed by atoms with van der Waals surface area (Å²) in [6, 6.07) is 12.0. The van der Waals surface area contributed by atoms with Gasteiger partial charge in [0, 0.05) is 11.8 Å². The summed E-state index contributed by atoms with van der Waals surface area (Å²) >= 11 is 0. The molecular formula is C16H16N4O4. The standard InChI is InChI=1S/C16H16N4O4/c1-2-24-16(21)10-15(18-12-6-4-3-5-7-12)19-14-9-8-13(11-17-14)20(22)23/h3-11,18H,2H2,1H3,(H,17,19). The van der Waals surface area contributed by atoms with Crippen molar-refractivity contribution in [1.29, 1.82) is 0 Å². The number of pyridine rings is 1. The van der Waals surface area contributed by atoms with Crippen molar-refractivity contribution in [2.75, 3.05) is 17.2 Å². The number of nitrogens with zero attached hydrogens (tertiary/aromatic N) is 2. The molecule has 0 unspecified atom stereocenters. The van der Waals surface area contributed by atoms with Gasteiger partial charge < -0.3 is 15.4 Å². The number of nitrogens with one attached hydrogen (secondary N) is 2. The van der Waals surface area contributed by atoms with Crippen LogP contribution in [0.5, 0.6) is 0 Å². The van der Waals surface area contributed by atoms with Crippen molar-refractivity contribution in [2.45, 2.75) is 6.92 Å². The number of anilines is 2. The van der Waals surface area contributed by atoms with E-state index in [1.807, 2.05) is 30.3 Å². The van der Waals surface area contributed by atoms with Crippen molar-refractivity contribution in [1.82, 2.24) is 4.98 Å². The Morgan fingerprint density at radius 1 is 1.25 bits per heavy atom. The van der Waals surface area contributed by atoms with Gasteiger partial charge in [0.2, 0.25) is 0 Å². The van der Waals surface area contributed by atoms with Crippen LogP contribution in [-0.4, -0.2) is 22.5 Å². The first kappa shape index (κ1) is 16.9. The van der Waals surface area contributed by atoms with E-state index in [1.165, 1.54) is 18.2 Å². The van der Waals surface area contributed by atoms with Crippen molar-refractivity contribution in [3.05, 3.63) is 70.7 Å². The maximum Gasteiger partial charge on any atom is 0.334 e. The molecule has 1 aromatic heterocycles. The van der Waals surface area contributed by atoms with E-state index in [4.69, 9.17) is 4.74 Å². The zero-order valence-corrected chi connectivity index (χ0v) is 12.9. The van der Waals surface area contributed by atoms with Crippen molar-refractivity contribution in [3.8, 4) is 0 Å². The van der Waals surface area contributed by atoms with E-state index in [1.54, 1.807) is 6.92 Å². The summed E-state index contributed by atoms with van der Waals surface area (Å²) in [5, 5.41) is 16.6. The summed E-state index contributed by atoms with van der Waals surface area (Å²) in [6.07, 6.45) is 2.38. The largest absolute Gasteiger partial charge is 0.463 e. The van der Waals surface area contributed by atoms with Crippen molar-refractivity contribution in [3.63, 3.8) is 0 Å². The molecule has 1 aromatic carbocycles. The van der Waals surface area contributed by atoms with Gasteiger partial charge in [0.1, 0.15) is 17.8 Å². The van der Waals surface area contributed by atoms with Gasteiger partial charge in [-0.1, -0.05) is 18.2 Å². The van der Waals surface area contributed by atoms with E-state index in [0.717, 1.165) is 11.9 Å². The lowest BCUT2D eigenvalue weighted by Gasteiger charge is -2.13. The fourth-order valence-electron chi connectivity index (χ4n) is 1.79. The maximum absolute atomic E-state index is 11.7. The van der Waals surface area contributed by atoms with Crippen LogP contribution in [0.2, 0.25) is 0 Å². The highest BCUT2D eigenvalue weighted by Crippen LogP contribution is 2.15. The maximum atomic E-state index is 11.7. The van der Waals surface area contributed by atoms with Crippen LogP contribution in [0.3, 0.4) is 0 Å². The summed E-state index contributed by atoms with van der Waals surface area (Å²) < 4.78 is 4.89. The summed E-state index contributed by atoms with van der Waals surface area (Å²) in [7, 11) is 0. The Hall–Kier alpha value is -3.42. The average Bonchev–Trinajstić information content (AvgIpc) is 2.56. The van der Waals surface area contributed by atoms with Crippen LogP contribution in [0.15, 0.2) is 60.6 Å². The third-order valence-corrected chi connectivity index (χ3v) is 2.82. The smallest absolute Gasteiger partial charge is 0.334 e. The molecule has 8 nitrogen and oxygen atoms in total. The van der Waals surface area contributed by atoms with Crippen molar-refractivity contribution in [2.24, 2.45) is 0 Å². The van der Waals surface area contributed by atoms with Crippen LogP contribution in [0.25, 0.3) is 0 Å². The zero-order chi connectivity index (χ0) is 17.4. The fraction of sp³-hybridized carbons (Fsp3) is 0.125. The third-order valence-electron chi connectivity index (χ3n) is 2.82. The number of carbonyl (C=O) groups is 1. The minimum absolute atomic E-state index is 0.118. The van der Waals surface area contributed by atoms with E-state index in [0.29, 0.717) is 11.6 Å². The van der Waals surface area contributed by atoms with Gasteiger partial charge in [0.15, 0.2) is 0 Å². The molecule has 0 radical (unpaired) electrons. The SMILES string of the molecule is CCOC(=O)C=C(Nc1ccccc1)Nc1ccc([N+](=O)[O-])cn1. The monoisotopic (exact) mass is 328 g/mol. The Kier molecular flexibility index (Phi) is 5.84. The van der Waals surface area contributed by atoms with Gasteiger partial charge in [0.05, 0.1) is 17.6 Å². The normalized spacial score (nSPS) is 10.8. The van der Waals surface area contributed by atoms with Crippen LogP contribution >= 0.6 is 0 Å². The molecular weight excluding hydrogens is 312 g/mol. The van der Waals surface area contributed by atoms with Gasteiger partial charge >= 0.3 is 5.97 Å². The lowest BCUT2D eigenvalue weighted by molar-refractivity contribution is -0.385. The van der Waals surface area contributed by atoms with E-state index in [2.05, 4.69) is 15.6 Å². The van der Waals surface area contributed by atoms with Gasteiger partial charge in [-0.3, -0.25) is 10.1 Å². The highest BCUT2D eigenvalue weighted by Gasteiger charge is 2.08. The Morgan fingerprint density at radius 3 is 2.58 bits per heavy atom. The summed E-state index contributed by atoms with van der Waals surface area (Å²) in [6.45, 7) is 1.96. The molecule has 1 heterocycles. The molecule has 0 saturated carbocycles. The van der Waals surface area contributed by atoms with Gasteiger partial charge in [-0.05, 0) is 25.1 Å². The van der Waals surface area contributed by atoms with Crippen LogP contribution in [0.4, 0.5) is 17.2 Å². The number of nitro groups is 1. The molecule has 8 heteroatoms. The molecule has 0 atom stereocenters. The van der Waals surface area contributed by atoms with E-state index >= 15 is 0 Å². The van der Waals surface area contributed by atoms with Crippen molar-refractivity contribution < 1.29 is 14.5 Å². The number of hydrogen-bond donors (Lipinski definition) is 2. The lowest BCUT2D eigenvalue weighted by atomic mass is 10.3. The number of rotatable bonds is 7. The Labute approximate surface area is 138 Å². The molecule has 124 valence electrons. The highest BCUT2D eigenvalue weighted by atomic mass is 16.6. The first-order chi connectivity index (χ1) is 11.6. The third kappa shape index (κ3) is 5.09. The molecule has 0 aliphatic heterocycles. The number of benzene rings is 1. The second kappa shape index (κ2) is 8.28.